The van der Waals surface area contributed by atoms with Gasteiger partial charge in [-0.2, -0.15) is 10.3 Å². The first-order valence-corrected chi connectivity index (χ1v) is 5.19. The summed E-state index contributed by atoms with van der Waals surface area (Å²) in [6, 6.07) is 0.745. The third-order valence-corrected chi connectivity index (χ3v) is 2.79. The summed E-state index contributed by atoms with van der Waals surface area (Å²) in [6.45, 7) is 3.17. The lowest BCUT2D eigenvalue weighted by Gasteiger charge is -2.26. The Bertz CT molecular complexity index is 520. The van der Waals surface area contributed by atoms with Gasteiger partial charge in [-0.1, -0.05) is 0 Å². The lowest BCUT2D eigenvalue weighted by molar-refractivity contribution is 0.381. The van der Waals surface area contributed by atoms with Crippen LogP contribution in [0, 0.1) is 28.9 Å². The molecule has 1 aromatic rings. The van der Waals surface area contributed by atoms with Gasteiger partial charge in [0.2, 0.25) is 6.19 Å². The highest BCUT2D eigenvalue weighted by atomic mass is 19.2. The van der Waals surface area contributed by atoms with Gasteiger partial charge in [-0.3, -0.25) is 0 Å². The Morgan fingerprint density at radius 1 is 1.28 bits per heavy atom. The van der Waals surface area contributed by atoms with Crippen LogP contribution in [0.3, 0.4) is 0 Å². The van der Waals surface area contributed by atoms with Gasteiger partial charge >= 0.3 is 0 Å². The van der Waals surface area contributed by atoms with Crippen molar-refractivity contribution in [3.05, 3.63) is 35.1 Å². The van der Waals surface area contributed by atoms with Gasteiger partial charge in [0.05, 0.1) is 6.04 Å². The second kappa shape index (κ2) is 5.54. The lowest BCUT2D eigenvalue weighted by atomic mass is 10.1. The molecule has 0 fully saturated rings. The summed E-state index contributed by atoms with van der Waals surface area (Å²) >= 11 is 0. The first kappa shape index (κ1) is 14.0. The van der Waals surface area contributed by atoms with E-state index in [0.717, 1.165) is 6.07 Å². The zero-order valence-electron chi connectivity index (χ0n) is 10.2. The Kier molecular flexibility index (Phi) is 4.32. The van der Waals surface area contributed by atoms with Crippen LogP contribution in [0.4, 0.5) is 13.2 Å². The van der Waals surface area contributed by atoms with Crippen LogP contribution < -0.4 is 0 Å². The number of hydrogen-bond acceptors (Lipinski definition) is 2. The summed E-state index contributed by atoms with van der Waals surface area (Å²) in [5.74, 6) is -2.82. The Morgan fingerprint density at radius 3 is 2.39 bits per heavy atom. The molecular formula is C12H12F3N3. The fourth-order valence-corrected chi connectivity index (χ4v) is 1.50. The largest absolute Gasteiger partial charge is 0.356 e. The van der Waals surface area contributed by atoms with Gasteiger partial charge in [0.25, 0.3) is 0 Å². The van der Waals surface area contributed by atoms with Crippen molar-refractivity contribution in [3.8, 4) is 6.19 Å². The van der Waals surface area contributed by atoms with Gasteiger partial charge in [0, 0.05) is 18.7 Å². The topological polar surface area (TPSA) is 39.4 Å². The van der Waals surface area contributed by atoms with Crippen molar-refractivity contribution in [1.82, 2.24) is 4.90 Å². The van der Waals surface area contributed by atoms with Crippen molar-refractivity contribution >= 4 is 5.84 Å². The summed E-state index contributed by atoms with van der Waals surface area (Å²) in [5.41, 5.74) is 0.00360. The van der Waals surface area contributed by atoms with E-state index in [1.54, 1.807) is 27.1 Å². The van der Waals surface area contributed by atoms with Crippen molar-refractivity contribution < 1.29 is 13.2 Å². The van der Waals surface area contributed by atoms with E-state index < -0.39 is 23.5 Å². The number of nitriles is 1. The Labute approximate surface area is 103 Å². The molecule has 0 aliphatic heterocycles. The third-order valence-electron chi connectivity index (χ3n) is 2.79. The average Bonchev–Trinajstić information content (AvgIpc) is 2.32. The molecule has 3 nitrogen and oxygen atoms in total. The molecular weight excluding hydrogens is 243 g/mol. The maximum atomic E-state index is 13.6. The Morgan fingerprint density at radius 2 is 1.83 bits per heavy atom. The predicted molar refractivity (Wildman–Crippen MR) is 61.2 cm³/mol. The molecule has 0 amide bonds. The van der Waals surface area contributed by atoms with Crippen LogP contribution in [-0.2, 0) is 0 Å². The van der Waals surface area contributed by atoms with E-state index in [4.69, 9.17) is 5.26 Å². The normalized spacial score (nSPS) is 13.1. The van der Waals surface area contributed by atoms with Crippen molar-refractivity contribution in [2.45, 2.75) is 19.9 Å². The first-order chi connectivity index (χ1) is 8.38. The number of benzene rings is 1. The van der Waals surface area contributed by atoms with E-state index in [0.29, 0.717) is 11.9 Å². The van der Waals surface area contributed by atoms with E-state index in [1.807, 2.05) is 0 Å². The number of aliphatic imine (C=N–C) groups is 1. The molecule has 6 heteroatoms. The number of amidine groups is 1. The van der Waals surface area contributed by atoms with Crippen molar-refractivity contribution in [3.63, 3.8) is 0 Å². The highest BCUT2D eigenvalue weighted by molar-refractivity contribution is 5.80. The molecule has 0 aromatic heterocycles. The van der Waals surface area contributed by atoms with E-state index >= 15 is 0 Å². The monoisotopic (exact) mass is 255 g/mol. The highest BCUT2D eigenvalue weighted by Crippen LogP contribution is 2.24. The minimum Gasteiger partial charge on any atom is -0.356 e. The van der Waals surface area contributed by atoms with Crippen LogP contribution in [-0.4, -0.2) is 17.8 Å². The molecule has 96 valence electrons. The standard InChI is InChI=1S/C12H12F3N3/c1-7(18(3)8(2)17-6-16)9-4-11(14)12(15)5-10(9)13/h4-5,7H,1-3H3. The molecule has 1 rings (SSSR count). The number of nitrogens with zero attached hydrogens (tertiary/aromatic N) is 3. The lowest BCUT2D eigenvalue weighted by Crippen LogP contribution is -2.28. The van der Waals surface area contributed by atoms with E-state index in [-0.39, 0.29) is 5.56 Å². The molecule has 0 aliphatic carbocycles. The van der Waals surface area contributed by atoms with Crippen LogP contribution in [0.2, 0.25) is 0 Å². The smallest absolute Gasteiger partial charge is 0.207 e. The zero-order chi connectivity index (χ0) is 13.9. The molecule has 0 aliphatic rings. The first-order valence-electron chi connectivity index (χ1n) is 5.19. The second-order valence-corrected chi connectivity index (χ2v) is 3.83. The van der Waals surface area contributed by atoms with Crippen LogP contribution >= 0.6 is 0 Å². The molecule has 0 radical (unpaired) electrons. The average molecular weight is 255 g/mol. The summed E-state index contributed by atoms with van der Waals surface area (Å²) in [7, 11) is 1.58. The van der Waals surface area contributed by atoms with Crippen LogP contribution in [0.1, 0.15) is 25.5 Å². The summed E-state index contributed by atoms with van der Waals surface area (Å²) in [6.07, 6.45) is 1.61. The molecule has 1 unspecified atom stereocenters. The fraction of sp³-hybridized carbons (Fsp3) is 0.333. The molecule has 0 bridgehead atoms. The second-order valence-electron chi connectivity index (χ2n) is 3.83. The van der Waals surface area contributed by atoms with E-state index in [1.165, 1.54) is 4.90 Å². The van der Waals surface area contributed by atoms with Gasteiger partial charge < -0.3 is 4.90 Å². The minimum absolute atomic E-state index is 0.00360. The molecule has 1 aromatic carbocycles. The van der Waals surface area contributed by atoms with Gasteiger partial charge in [0.1, 0.15) is 11.7 Å². The van der Waals surface area contributed by atoms with Crippen molar-refractivity contribution in [2.75, 3.05) is 7.05 Å². The van der Waals surface area contributed by atoms with Gasteiger partial charge in [-0.15, -0.1) is 0 Å². The zero-order valence-corrected chi connectivity index (χ0v) is 10.2. The van der Waals surface area contributed by atoms with E-state index in [2.05, 4.69) is 4.99 Å². The van der Waals surface area contributed by atoms with Gasteiger partial charge in [-0.25, -0.2) is 13.2 Å². The summed E-state index contributed by atoms with van der Waals surface area (Å²) in [4.78, 5) is 5.00. The van der Waals surface area contributed by atoms with E-state index in [9.17, 15) is 13.2 Å². The highest BCUT2D eigenvalue weighted by Gasteiger charge is 2.19. The van der Waals surface area contributed by atoms with Gasteiger partial charge in [-0.05, 0) is 19.9 Å². The minimum atomic E-state index is -1.23. The number of rotatable bonds is 2. The maximum Gasteiger partial charge on any atom is 0.207 e. The third kappa shape index (κ3) is 2.80. The van der Waals surface area contributed by atoms with Crippen LogP contribution in [0.25, 0.3) is 0 Å². The van der Waals surface area contributed by atoms with Crippen molar-refractivity contribution in [2.24, 2.45) is 4.99 Å². The summed E-state index contributed by atoms with van der Waals surface area (Å²) < 4.78 is 39.4. The number of halogens is 3. The molecule has 18 heavy (non-hydrogen) atoms. The molecule has 0 saturated carbocycles. The molecule has 0 spiro atoms. The van der Waals surface area contributed by atoms with Crippen LogP contribution in [0.5, 0.6) is 0 Å². The SMILES string of the molecule is CC(=NC#N)N(C)C(C)c1cc(F)c(F)cc1F. The molecule has 0 N–H and O–H groups in total. The van der Waals surface area contributed by atoms with Crippen LogP contribution in [0.15, 0.2) is 17.1 Å². The van der Waals surface area contributed by atoms with Crippen molar-refractivity contribution in [1.29, 1.82) is 5.26 Å². The molecule has 0 heterocycles. The Hall–Kier alpha value is -2.03. The number of hydrogen-bond donors (Lipinski definition) is 0. The van der Waals surface area contributed by atoms with Gasteiger partial charge in [0.15, 0.2) is 11.6 Å². The Balaban J connectivity index is 3.12. The predicted octanol–water partition coefficient (Wildman–Crippen LogP) is 3.00. The molecule has 0 saturated heterocycles. The molecule has 1 atom stereocenters. The quantitative estimate of drug-likeness (QED) is 0.353. The fourth-order valence-electron chi connectivity index (χ4n) is 1.50. The maximum absolute atomic E-state index is 13.6. The summed E-state index contributed by atoms with van der Waals surface area (Å²) in [5, 5.41) is 8.43.